The van der Waals surface area contributed by atoms with Crippen molar-refractivity contribution in [1.29, 1.82) is 0 Å². The van der Waals surface area contributed by atoms with Crippen LogP contribution in [0.5, 0.6) is 0 Å². The fourth-order valence-corrected chi connectivity index (χ4v) is 3.18. The molecule has 4 nitrogen and oxygen atoms in total. The SMILES string of the molecule is O=C(Cc1cccc2ccccc12)Nc1ccc(=O)n(-c2ccccc2)c1. The average molecular weight is 354 g/mol. The monoisotopic (exact) mass is 354 g/mol. The Morgan fingerprint density at radius 1 is 0.815 bits per heavy atom. The molecule has 0 radical (unpaired) electrons. The predicted octanol–water partition coefficient (Wildman–Crippen LogP) is 4.17. The van der Waals surface area contributed by atoms with E-state index in [2.05, 4.69) is 5.32 Å². The highest BCUT2D eigenvalue weighted by Crippen LogP contribution is 2.19. The van der Waals surface area contributed by atoms with Crippen LogP contribution in [0.25, 0.3) is 16.5 Å². The zero-order chi connectivity index (χ0) is 18.6. The third-order valence-corrected chi connectivity index (χ3v) is 4.46. The van der Waals surface area contributed by atoms with Gasteiger partial charge < -0.3 is 5.32 Å². The molecular formula is C23H18N2O2. The normalized spacial score (nSPS) is 10.7. The Labute approximate surface area is 156 Å². The number of fused-ring (bicyclic) bond motifs is 1. The van der Waals surface area contributed by atoms with E-state index >= 15 is 0 Å². The molecule has 1 heterocycles. The smallest absolute Gasteiger partial charge is 0.255 e. The summed E-state index contributed by atoms with van der Waals surface area (Å²) in [5.41, 5.74) is 2.17. The molecule has 0 saturated carbocycles. The van der Waals surface area contributed by atoms with E-state index in [1.807, 2.05) is 72.8 Å². The highest BCUT2D eigenvalue weighted by atomic mass is 16.1. The number of amides is 1. The molecule has 4 aromatic rings. The molecule has 3 aromatic carbocycles. The van der Waals surface area contributed by atoms with E-state index in [-0.39, 0.29) is 17.9 Å². The van der Waals surface area contributed by atoms with Crippen molar-refractivity contribution in [2.75, 3.05) is 5.32 Å². The minimum atomic E-state index is -0.145. The third kappa shape index (κ3) is 3.65. The summed E-state index contributed by atoms with van der Waals surface area (Å²) in [5.74, 6) is -0.121. The number of carbonyl (C=O) groups is 1. The summed E-state index contributed by atoms with van der Waals surface area (Å²) in [6, 6.07) is 26.4. The summed E-state index contributed by atoms with van der Waals surface area (Å²) in [4.78, 5) is 24.7. The molecule has 0 fully saturated rings. The Morgan fingerprint density at radius 3 is 2.41 bits per heavy atom. The van der Waals surface area contributed by atoms with Crippen molar-refractivity contribution < 1.29 is 4.79 Å². The predicted molar refractivity (Wildman–Crippen MR) is 108 cm³/mol. The first-order valence-corrected chi connectivity index (χ1v) is 8.75. The van der Waals surface area contributed by atoms with Crippen LogP contribution in [-0.4, -0.2) is 10.5 Å². The second kappa shape index (κ2) is 7.30. The average Bonchev–Trinajstić information content (AvgIpc) is 2.70. The zero-order valence-electron chi connectivity index (χ0n) is 14.6. The van der Waals surface area contributed by atoms with Crippen LogP contribution in [0.4, 0.5) is 5.69 Å². The van der Waals surface area contributed by atoms with Gasteiger partial charge in [-0.2, -0.15) is 0 Å². The molecule has 0 aliphatic rings. The number of anilines is 1. The van der Waals surface area contributed by atoms with E-state index in [1.165, 1.54) is 10.6 Å². The minimum Gasteiger partial charge on any atom is -0.324 e. The number of rotatable bonds is 4. The van der Waals surface area contributed by atoms with Crippen LogP contribution < -0.4 is 10.9 Å². The number of para-hydroxylation sites is 1. The number of hydrogen-bond donors (Lipinski definition) is 1. The van der Waals surface area contributed by atoms with Crippen LogP contribution in [0.1, 0.15) is 5.56 Å². The van der Waals surface area contributed by atoms with E-state index in [1.54, 1.807) is 12.3 Å². The van der Waals surface area contributed by atoms with Gasteiger partial charge in [0.15, 0.2) is 0 Å². The second-order valence-corrected chi connectivity index (χ2v) is 6.32. The molecule has 0 spiro atoms. The Bertz CT molecular complexity index is 1160. The molecule has 0 aliphatic carbocycles. The zero-order valence-corrected chi connectivity index (χ0v) is 14.6. The van der Waals surface area contributed by atoms with Gasteiger partial charge in [0.1, 0.15) is 0 Å². The van der Waals surface area contributed by atoms with Gasteiger partial charge in [-0.25, -0.2) is 0 Å². The molecule has 0 saturated heterocycles. The second-order valence-electron chi connectivity index (χ2n) is 6.32. The van der Waals surface area contributed by atoms with E-state index in [0.717, 1.165) is 22.0 Å². The molecule has 4 heteroatoms. The van der Waals surface area contributed by atoms with E-state index in [4.69, 9.17) is 0 Å². The van der Waals surface area contributed by atoms with Crippen molar-refractivity contribution in [1.82, 2.24) is 4.57 Å². The van der Waals surface area contributed by atoms with Crippen LogP contribution in [0, 0.1) is 0 Å². The van der Waals surface area contributed by atoms with E-state index < -0.39 is 0 Å². The van der Waals surface area contributed by atoms with Gasteiger partial charge in [-0.3, -0.25) is 14.2 Å². The maximum atomic E-state index is 12.6. The van der Waals surface area contributed by atoms with E-state index in [0.29, 0.717) is 5.69 Å². The number of pyridine rings is 1. The molecule has 0 unspecified atom stereocenters. The molecule has 1 N–H and O–H groups in total. The first kappa shape index (κ1) is 16.8. The number of aromatic nitrogens is 1. The Morgan fingerprint density at radius 2 is 1.56 bits per heavy atom. The maximum Gasteiger partial charge on any atom is 0.255 e. The van der Waals surface area contributed by atoms with Gasteiger partial charge in [0.05, 0.1) is 12.1 Å². The number of hydrogen-bond acceptors (Lipinski definition) is 2. The van der Waals surface area contributed by atoms with Crippen LogP contribution in [0.15, 0.2) is 95.9 Å². The standard InChI is InChI=1S/C23H18N2O2/c26-22(15-18-9-6-8-17-7-4-5-12-21(17)18)24-19-13-14-23(27)25(16-19)20-10-2-1-3-11-20/h1-14,16H,15H2,(H,24,26). The molecule has 0 atom stereocenters. The van der Waals surface area contributed by atoms with Crippen molar-refractivity contribution in [2.45, 2.75) is 6.42 Å². The Kier molecular flexibility index (Phi) is 4.54. The van der Waals surface area contributed by atoms with Gasteiger partial charge in [0.25, 0.3) is 5.56 Å². The molecule has 27 heavy (non-hydrogen) atoms. The van der Waals surface area contributed by atoms with Gasteiger partial charge >= 0.3 is 0 Å². The number of nitrogens with zero attached hydrogens (tertiary/aromatic N) is 1. The van der Waals surface area contributed by atoms with Gasteiger partial charge in [-0.15, -0.1) is 0 Å². The van der Waals surface area contributed by atoms with Crippen LogP contribution in [-0.2, 0) is 11.2 Å². The lowest BCUT2D eigenvalue weighted by Gasteiger charge is -2.10. The van der Waals surface area contributed by atoms with Gasteiger partial charge in [0, 0.05) is 18.0 Å². The van der Waals surface area contributed by atoms with Crippen molar-refractivity contribution in [3.05, 3.63) is 107 Å². The van der Waals surface area contributed by atoms with Gasteiger partial charge in [-0.05, 0) is 34.5 Å². The Balaban J connectivity index is 1.57. The summed E-state index contributed by atoms with van der Waals surface area (Å²) in [6.45, 7) is 0. The fourth-order valence-electron chi connectivity index (χ4n) is 3.18. The van der Waals surface area contributed by atoms with Crippen LogP contribution >= 0.6 is 0 Å². The van der Waals surface area contributed by atoms with Crippen LogP contribution in [0.3, 0.4) is 0 Å². The largest absolute Gasteiger partial charge is 0.324 e. The lowest BCUT2D eigenvalue weighted by Crippen LogP contribution is -2.20. The highest BCUT2D eigenvalue weighted by molar-refractivity contribution is 5.96. The molecule has 1 aromatic heterocycles. The molecule has 132 valence electrons. The minimum absolute atomic E-state index is 0.121. The quantitative estimate of drug-likeness (QED) is 0.598. The Hall–Kier alpha value is -3.66. The van der Waals surface area contributed by atoms with E-state index in [9.17, 15) is 9.59 Å². The molecule has 0 bridgehead atoms. The van der Waals surface area contributed by atoms with Crippen LogP contribution in [0.2, 0.25) is 0 Å². The summed E-state index contributed by atoms with van der Waals surface area (Å²) >= 11 is 0. The van der Waals surface area contributed by atoms with Crippen molar-refractivity contribution >= 4 is 22.4 Å². The summed E-state index contributed by atoms with van der Waals surface area (Å²) < 4.78 is 1.52. The fraction of sp³-hybridized carbons (Fsp3) is 0.0435. The number of benzene rings is 3. The lowest BCUT2D eigenvalue weighted by atomic mass is 10.0. The first-order chi connectivity index (χ1) is 13.2. The third-order valence-electron chi connectivity index (χ3n) is 4.46. The molecule has 4 rings (SSSR count). The van der Waals surface area contributed by atoms with Gasteiger partial charge in [-0.1, -0.05) is 60.7 Å². The van der Waals surface area contributed by atoms with Crippen molar-refractivity contribution in [3.63, 3.8) is 0 Å². The maximum absolute atomic E-state index is 12.6. The topological polar surface area (TPSA) is 51.1 Å². The highest BCUT2D eigenvalue weighted by Gasteiger charge is 2.09. The molecular weight excluding hydrogens is 336 g/mol. The number of carbonyl (C=O) groups excluding carboxylic acids is 1. The van der Waals surface area contributed by atoms with Gasteiger partial charge in [0.2, 0.25) is 5.91 Å². The lowest BCUT2D eigenvalue weighted by molar-refractivity contribution is -0.115. The molecule has 0 aliphatic heterocycles. The van der Waals surface area contributed by atoms with Crippen molar-refractivity contribution in [2.24, 2.45) is 0 Å². The summed E-state index contributed by atoms with van der Waals surface area (Å²) in [7, 11) is 0. The number of nitrogens with one attached hydrogen (secondary N) is 1. The summed E-state index contributed by atoms with van der Waals surface area (Å²) in [5, 5.41) is 5.08. The first-order valence-electron chi connectivity index (χ1n) is 8.75. The molecule has 1 amide bonds. The summed E-state index contributed by atoms with van der Waals surface area (Å²) in [6.07, 6.45) is 1.92. The van der Waals surface area contributed by atoms with Crippen molar-refractivity contribution in [3.8, 4) is 5.69 Å².